The van der Waals surface area contributed by atoms with Gasteiger partial charge in [-0.3, -0.25) is 4.99 Å². The Labute approximate surface area is 138 Å². The van der Waals surface area contributed by atoms with Gasteiger partial charge in [0.2, 0.25) is 0 Å². The first kappa shape index (κ1) is 19.5. The Hall–Kier alpha value is -0.510. The highest BCUT2D eigenvalue weighted by molar-refractivity contribution is 14.0. The number of nitrogens with one attached hydrogen (secondary N) is 2. The van der Waals surface area contributed by atoms with Gasteiger partial charge in [-0.15, -0.1) is 35.3 Å². The Bertz CT molecular complexity index is 380. The molecule has 116 valence electrons. The zero-order valence-electron chi connectivity index (χ0n) is 11.2. The minimum absolute atomic E-state index is 0. The molecule has 8 heteroatoms. The van der Waals surface area contributed by atoms with Gasteiger partial charge in [-0.2, -0.15) is 13.2 Å². The first-order valence-corrected chi connectivity index (χ1v) is 7.00. The maximum atomic E-state index is 12.0. The molecule has 0 bridgehead atoms. The third-order valence-electron chi connectivity index (χ3n) is 2.25. The molecule has 20 heavy (non-hydrogen) atoms. The third kappa shape index (κ3) is 9.40. The van der Waals surface area contributed by atoms with Gasteiger partial charge < -0.3 is 10.6 Å². The van der Waals surface area contributed by atoms with Crippen LogP contribution in [0.2, 0.25) is 0 Å². The molecule has 1 aromatic rings. The van der Waals surface area contributed by atoms with Crippen LogP contribution in [0.1, 0.15) is 18.2 Å². The molecule has 1 heterocycles. The molecular weight excluding hydrogens is 402 g/mol. The Balaban J connectivity index is 0.00000361. The highest BCUT2D eigenvalue weighted by atomic mass is 127. The molecule has 1 aromatic heterocycles. The summed E-state index contributed by atoms with van der Waals surface area (Å²) in [5.74, 6) is 0.434. The van der Waals surface area contributed by atoms with Crippen molar-refractivity contribution in [3.05, 3.63) is 22.4 Å². The van der Waals surface area contributed by atoms with Crippen molar-refractivity contribution in [2.45, 2.75) is 25.9 Å². The smallest absolute Gasteiger partial charge is 0.357 e. The minimum Gasteiger partial charge on any atom is -0.357 e. The molecule has 0 aliphatic rings. The Morgan fingerprint density at radius 2 is 2.10 bits per heavy atom. The van der Waals surface area contributed by atoms with Crippen LogP contribution >= 0.6 is 35.3 Å². The van der Waals surface area contributed by atoms with Crippen molar-refractivity contribution >= 4 is 41.3 Å². The summed E-state index contributed by atoms with van der Waals surface area (Å²) in [4.78, 5) is 5.13. The molecule has 3 nitrogen and oxygen atoms in total. The Morgan fingerprint density at radius 1 is 1.35 bits per heavy atom. The zero-order chi connectivity index (χ0) is 14.1. The highest BCUT2D eigenvalue weighted by Gasteiger charge is 2.26. The van der Waals surface area contributed by atoms with Crippen molar-refractivity contribution in [2.24, 2.45) is 4.99 Å². The number of hydrogen-bond donors (Lipinski definition) is 2. The van der Waals surface area contributed by atoms with E-state index in [0.717, 1.165) is 6.42 Å². The van der Waals surface area contributed by atoms with E-state index >= 15 is 0 Å². The van der Waals surface area contributed by atoms with E-state index in [1.807, 2.05) is 24.4 Å². The topological polar surface area (TPSA) is 36.4 Å². The summed E-state index contributed by atoms with van der Waals surface area (Å²) in [5, 5.41) is 7.95. The van der Waals surface area contributed by atoms with Crippen LogP contribution in [0.5, 0.6) is 0 Å². The summed E-state index contributed by atoms with van der Waals surface area (Å²) < 4.78 is 36.1. The maximum Gasteiger partial charge on any atom is 0.390 e. The molecule has 0 aliphatic carbocycles. The van der Waals surface area contributed by atoms with Crippen LogP contribution < -0.4 is 10.6 Å². The van der Waals surface area contributed by atoms with E-state index in [1.165, 1.54) is 4.88 Å². The fraction of sp³-hybridized carbons (Fsp3) is 0.583. The van der Waals surface area contributed by atoms with Gasteiger partial charge in [-0.1, -0.05) is 6.07 Å². The molecule has 0 spiro atoms. The zero-order valence-corrected chi connectivity index (χ0v) is 14.3. The van der Waals surface area contributed by atoms with Gasteiger partial charge in [-0.25, -0.2) is 0 Å². The predicted octanol–water partition coefficient (Wildman–Crippen LogP) is 3.42. The van der Waals surface area contributed by atoms with E-state index in [9.17, 15) is 13.2 Å². The maximum absolute atomic E-state index is 12.0. The molecule has 2 N–H and O–H groups in total. The van der Waals surface area contributed by atoms with E-state index in [0.29, 0.717) is 19.0 Å². The first-order valence-electron chi connectivity index (χ1n) is 6.12. The average molecular weight is 421 g/mol. The second kappa shape index (κ2) is 10.3. The summed E-state index contributed by atoms with van der Waals surface area (Å²) in [6, 6.07) is 4.00. The highest BCUT2D eigenvalue weighted by Crippen LogP contribution is 2.18. The number of guanidine groups is 1. The summed E-state index contributed by atoms with van der Waals surface area (Å²) in [5.41, 5.74) is 0. The third-order valence-corrected chi connectivity index (χ3v) is 3.19. The minimum atomic E-state index is -4.15. The van der Waals surface area contributed by atoms with Crippen molar-refractivity contribution in [3.63, 3.8) is 0 Å². The van der Waals surface area contributed by atoms with Crippen molar-refractivity contribution in [1.82, 2.24) is 10.6 Å². The van der Waals surface area contributed by atoms with E-state index < -0.39 is 12.6 Å². The Kier molecular flexibility index (Phi) is 9.99. The second-order valence-corrected chi connectivity index (χ2v) is 4.91. The SMILES string of the molecule is CCNC(=NCCC(F)(F)F)NCCc1cccs1.I. The van der Waals surface area contributed by atoms with Crippen LogP contribution in [-0.4, -0.2) is 31.8 Å². The number of halogens is 4. The molecular formula is C12H19F3IN3S. The molecule has 0 saturated carbocycles. The van der Waals surface area contributed by atoms with Gasteiger partial charge in [0.25, 0.3) is 0 Å². The van der Waals surface area contributed by atoms with Crippen molar-refractivity contribution in [1.29, 1.82) is 0 Å². The first-order chi connectivity index (χ1) is 9.01. The van der Waals surface area contributed by atoms with Gasteiger partial charge >= 0.3 is 6.18 Å². The summed E-state index contributed by atoms with van der Waals surface area (Å²) in [7, 11) is 0. The molecule has 0 fully saturated rings. The van der Waals surface area contributed by atoms with Crippen LogP contribution in [0.15, 0.2) is 22.5 Å². The molecule has 0 atom stereocenters. The van der Waals surface area contributed by atoms with E-state index in [2.05, 4.69) is 15.6 Å². The Morgan fingerprint density at radius 3 is 2.65 bits per heavy atom. The fourth-order valence-corrected chi connectivity index (χ4v) is 2.10. The monoisotopic (exact) mass is 421 g/mol. The van der Waals surface area contributed by atoms with Crippen LogP contribution in [0.4, 0.5) is 13.2 Å². The second-order valence-electron chi connectivity index (χ2n) is 3.88. The molecule has 0 radical (unpaired) electrons. The van der Waals surface area contributed by atoms with Crippen molar-refractivity contribution in [3.8, 4) is 0 Å². The molecule has 0 saturated heterocycles. The largest absolute Gasteiger partial charge is 0.390 e. The lowest BCUT2D eigenvalue weighted by Crippen LogP contribution is -2.38. The number of thiophene rings is 1. The summed E-state index contributed by atoms with van der Waals surface area (Å²) in [6.45, 7) is 2.90. The molecule has 0 aromatic carbocycles. The standard InChI is InChI=1S/C12H18F3N3S.HI/c1-2-16-11(18-8-6-12(13,14)15)17-7-5-10-4-3-9-19-10;/h3-4,9H,2,5-8H2,1H3,(H2,16,17,18);1H. The predicted molar refractivity (Wildman–Crippen MR) is 88.1 cm³/mol. The number of rotatable bonds is 6. The van der Waals surface area contributed by atoms with Gasteiger partial charge in [0.15, 0.2) is 5.96 Å². The molecule has 0 aliphatic heterocycles. The quantitative estimate of drug-likeness (QED) is 0.420. The van der Waals surface area contributed by atoms with E-state index in [4.69, 9.17) is 0 Å². The number of alkyl halides is 3. The van der Waals surface area contributed by atoms with Crippen LogP contribution in [0.3, 0.4) is 0 Å². The van der Waals surface area contributed by atoms with Gasteiger partial charge in [0.1, 0.15) is 0 Å². The number of aliphatic imine (C=N–C) groups is 1. The average Bonchev–Trinajstić information content (AvgIpc) is 2.80. The van der Waals surface area contributed by atoms with Crippen molar-refractivity contribution < 1.29 is 13.2 Å². The molecule has 1 rings (SSSR count). The van der Waals surface area contributed by atoms with Crippen LogP contribution in [0.25, 0.3) is 0 Å². The lowest BCUT2D eigenvalue weighted by atomic mass is 10.3. The van der Waals surface area contributed by atoms with Gasteiger partial charge in [-0.05, 0) is 24.8 Å². The normalized spacial score (nSPS) is 11.9. The van der Waals surface area contributed by atoms with E-state index in [1.54, 1.807) is 11.3 Å². The number of nitrogens with zero attached hydrogens (tertiary/aromatic N) is 1. The van der Waals surface area contributed by atoms with Crippen LogP contribution in [0, 0.1) is 0 Å². The van der Waals surface area contributed by atoms with E-state index in [-0.39, 0.29) is 30.5 Å². The summed E-state index contributed by atoms with van der Waals surface area (Å²) >= 11 is 1.66. The van der Waals surface area contributed by atoms with Crippen molar-refractivity contribution in [2.75, 3.05) is 19.6 Å². The lowest BCUT2D eigenvalue weighted by molar-refractivity contribution is -0.132. The van der Waals surface area contributed by atoms with Crippen LogP contribution in [-0.2, 0) is 6.42 Å². The molecule has 0 unspecified atom stereocenters. The molecule has 0 amide bonds. The van der Waals surface area contributed by atoms with Gasteiger partial charge in [0, 0.05) is 18.0 Å². The van der Waals surface area contributed by atoms with Gasteiger partial charge in [0.05, 0.1) is 13.0 Å². The summed E-state index contributed by atoms with van der Waals surface area (Å²) in [6.07, 6.45) is -4.21. The lowest BCUT2D eigenvalue weighted by Gasteiger charge is -2.11. The fourth-order valence-electron chi connectivity index (χ4n) is 1.40. The number of hydrogen-bond acceptors (Lipinski definition) is 2.